The lowest BCUT2D eigenvalue weighted by Gasteiger charge is -2.13. The zero-order chi connectivity index (χ0) is 13.7. The first-order chi connectivity index (χ1) is 9.24. The molecule has 1 heterocycles. The second-order valence-electron chi connectivity index (χ2n) is 4.20. The fraction of sp³-hybridized carbons (Fsp3) is 0.357. The van der Waals surface area contributed by atoms with Gasteiger partial charge in [-0.25, -0.2) is 4.98 Å². The van der Waals surface area contributed by atoms with Crippen LogP contribution in [0.3, 0.4) is 0 Å². The van der Waals surface area contributed by atoms with Crippen LogP contribution >= 0.6 is 27.3 Å². The zero-order valence-corrected chi connectivity index (χ0v) is 13.2. The van der Waals surface area contributed by atoms with Crippen molar-refractivity contribution in [2.24, 2.45) is 5.73 Å². The van der Waals surface area contributed by atoms with Crippen molar-refractivity contribution < 1.29 is 4.74 Å². The Morgan fingerprint density at radius 1 is 1.47 bits per heavy atom. The van der Waals surface area contributed by atoms with Crippen molar-refractivity contribution in [3.63, 3.8) is 0 Å². The molecule has 102 valence electrons. The van der Waals surface area contributed by atoms with E-state index in [0.717, 1.165) is 21.7 Å². The number of halogens is 1. The minimum Gasteiger partial charge on any atom is -0.493 e. The number of nitrogens with two attached hydrogens (primary N) is 1. The number of thiazole rings is 1. The topological polar surface area (TPSA) is 48.1 Å². The number of benzene rings is 1. The Morgan fingerprint density at radius 2 is 2.32 bits per heavy atom. The SMILES string of the molecule is CCOc1ccc(CC(CN)c2nccs2)cc1Br. The van der Waals surface area contributed by atoms with Gasteiger partial charge in [-0.1, -0.05) is 6.07 Å². The van der Waals surface area contributed by atoms with Crippen LogP contribution in [0.15, 0.2) is 34.2 Å². The minimum atomic E-state index is 0.282. The van der Waals surface area contributed by atoms with E-state index < -0.39 is 0 Å². The lowest BCUT2D eigenvalue weighted by atomic mass is 10.00. The summed E-state index contributed by atoms with van der Waals surface area (Å²) in [6.45, 7) is 3.26. The molecule has 0 fully saturated rings. The van der Waals surface area contributed by atoms with E-state index in [0.29, 0.717) is 13.2 Å². The summed E-state index contributed by atoms with van der Waals surface area (Å²) in [5, 5.41) is 3.10. The molecule has 0 aliphatic carbocycles. The highest BCUT2D eigenvalue weighted by molar-refractivity contribution is 9.10. The van der Waals surface area contributed by atoms with Gasteiger partial charge in [0.15, 0.2) is 0 Å². The first-order valence-electron chi connectivity index (χ1n) is 6.25. The Morgan fingerprint density at radius 3 is 2.89 bits per heavy atom. The monoisotopic (exact) mass is 340 g/mol. The van der Waals surface area contributed by atoms with Crippen molar-refractivity contribution >= 4 is 27.3 Å². The third-order valence-electron chi connectivity index (χ3n) is 2.86. The molecule has 0 amide bonds. The maximum absolute atomic E-state index is 5.86. The molecule has 5 heteroatoms. The van der Waals surface area contributed by atoms with E-state index >= 15 is 0 Å². The molecule has 0 aliphatic heterocycles. The Kier molecular flexibility index (Phi) is 5.36. The van der Waals surface area contributed by atoms with E-state index in [9.17, 15) is 0 Å². The van der Waals surface area contributed by atoms with Crippen LogP contribution in [-0.4, -0.2) is 18.1 Å². The Hall–Kier alpha value is -0.910. The molecule has 2 rings (SSSR count). The highest BCUT2D eigenvalue weighted by Gasteiger charge is 2.14. The van der Waals surface area contributed by atoms with Gasteiger partial charge in [-0.3, -0.25) is 0 Å². The van der Waals surface area contributed by atoms with Crippen LogP contribution in [0.2, 0.25) is 0 Å². The average molecular weight is 341 g/mol. The Balaban J connectivity index is 2.12. The van der Waals surface area contributed by atoms with Crippen LogP contribution in [0, 0.1) is 0 Å². The van der Waals surface area contributed by atoms with Crippen LogP contribution in [-0.2, 0) is 6.42 Å². The third kappa shape index (κ3) is 3.78. The first kappa shape index (κ1) is 14.5. The van der Waals surface area contributed by atoms with Crippen molar-refractivity contribution in [3.05, 3.63) is 44.8 Å². The van der Waals surface area contributed by atoms with Gasteiger partial charge >= 0.3 is 0 Å². The van der Waals surface area contributed by atoms with E-state index in [1.807, 2.05) is 24.6 Å². The molecule has 1 unspecified atom stereocenters. The van der Waals surface area contributed by atoms with E-state index in [1.54, 1.807) is 11.3 Å². The fourth-order valence-electron chi connectivity index (χ4n) is 1.94. The molecular formula is C14H17BrN2OS. The Bertz CT molecular complexity index is 516. The van der Waals surface area contributed by atoms with Crippen LogP contribution in [0.4, 0.5) is 0 Å². The summed E-state index contributed by atoms with van der Waals surface area (Å²) in [5.74, 6) is 1.16. The summed E-state index contributed by atoms with van der Waals surface area (Å²) >= 11 is 5.20. The zero-order valence-electron chi connectivity index (χ0n) is 10.8. The van der Waals surface area contributed by atoms with Gasteiger partial charge in [0.05, 0.1) is 16.1 Å². The van der Waals surface area contributed by atoms with Crippen LogP contribution < -0.4 is 10.5 Å². The summed E-state index contributed by atoms with van der Waals surface area (Å²) in [4.78, 5) is 4.36. The van der Waals surface area contributed by atoms with Gasteiger partial charge in [-0.15, -0.1) is 11.3 Å². The largest absolute Gasteiger partial charge is 0.493 e. The molecule has 2 N–H and O–H groups in total. The van der Waals surface area contributed by atoms with Gasteiger partial charge in [-0.05, 0) is 47.0 Å². The molecule has 3 nitrogen and oxygen atoms in total. The number of hydrogen-bond acceptors (Lipinski definition) is 4. The summed E-state index contributed by atoms with van der Waals surface area (Å²) in [6, 6.07) is 6.19. The van der Waals surface area contributed by atoms with Crippen LogP contribution in [0.1, 0.15) is 23.4 Å². The van der Waals surface area contributed by atoms with Gasteiger partial charge in [-0.2, -0.15) is 0 Å². The molecule has 0 saturated carbocycles. The van der Waals surface area contributed by atoms with Gasteiger partial charge in [0, 0.05) is 24.0 Å². The number of rotatable bonds is 6. The molecule has 2 aromatic rings. The summed E-state index contributed by atoms with van der Waals surface area (Å²) in [7, 11) is 0. The van der Waals surface area contributed by atoms with Crippen LogP contribution in [0.5, 0.6) is 5.75 Å². The molecule has 0 bridgehead atoms. The number of aromatic nitrogens is 1. The molecular weight excluding hydrogens is 324 g/mol. The quantitative estimate of drug-likeness (QED) is 0.874. The Labute approximate surface area is 125 Å². The van der Waals surface area contributed by atoms with Gasteiger partial charge in [0.2, 0.25) is 0 Å². The molecule has 0 radical (unpaired) electrons. The molecule has 1 atom stereocenters. The highest BCUT2D eigenvalue weighted by atomic mass is 79.9. The van der Waals surface area contributed by atoms with Crippen molar-refractivity contribution in [1.82, 2.24) is 4.98 Å². The molecule has 0 spiro atoms. The maximum Gasteiger partial charge on any atom is 0.133 e. The van der Waals surface area contributed by atoms with Crippen molar-refractivity contribution in [3.8, 4) is 5.75 Å². The number of hydrogen-bond donors (Lipinski definition) is 1. The predicted molar refractivity (Wildman–Crippen MR) is 82.9 cm³/mol. The predicted octanol–water partition coefficient (Wildman–Crippen LogP) is 3.59. The normalized spacial score (nSPS) is 12.4. The van der Waals surface area contributed by atoms with E-state index in [1.165, 1.54) is 5.56 Å². The standard InChI is InChI=1S/C14H17BrN2OS/c1-2-18-13-4-3-10(8-12(13)15)7-11(9-16)14-17-5-6-19-14/h3-6,8,11H,2,7,9,16H2,1H3. The maximum atomic E-state index is 5.86. The van der Waals surface area contributed by atoms with E-state index in [4.69, 9.17) is 10.5 Å². The van der Waals surface area contributed by atoms with E-state index in [-0.39, 0.29) is 5.92 Å². The highest BCUT2D eigenvalue weighted by Crippen LogP contribution is 2.29. The van der Waals surface area contributed by atoms with Crippen molar-refractivity contribution in [2.45, 2.75) is 19.3 Å². The summed E-state index contributed by atoms with van der Waals surface area (Å²) in [5.41, 5.74) is 7.09. The average Bonchev–Trinajstić information content (AvgIpc) is 2.93. The number of ether oxygens (including phenoxy) is 1. The third-order valence-corrected chi connectivity index (χ3v) is 4.42. The number of nitrogens with zero attached hydrogens (tertiary/aromatic N) is 1. The molecule has 19 heavy (non-hydrogen) atoms. The first-order valence-corrected chi connectivity index (χ1v) is 7.92. The lowest BCUT2D eigenvalue weighted by molar-refractivity contribution is 0.338. The van der Waals surface area contributed by atoms with Crippen molar-refractivity contribution in [2.75, 3.05) is 13.2 Å². The lowest BCUT2D eigenvalue weighted by Crippen LogP contribution is -2.14. The molecule has 1 aromatic carbocycles. The van der Waals surface area contributed by atoms with Gasteiger partial charge in [0.1, 0.15) is 5.75 Å². The van der Waals surface area contributed by atoms with Crippen molar-refractivity contribution in [1.29, 1.82) is 0 Å². The van der Waals surface area contributed by atoms with E-state index in [2.05, 4.69) is 33.0 Å². The van der Waals surface area contributed by atoms with Gasteiger partial charge in [0.25, 0.3) is 0 Å². The van der Waals surface area contributed by atoms with Crippen LogP contribution in [0.25, 0.3) is 0 Å². The minimum absolute atomic E-state index is 0.282. The summed E-state index contributed by atoms with van der Waals surface area (Å²) in [6.07, 6.45) is 2.73. The second-order valence-corrected chi connectivity index (χ2v) is 5.99. The fourth-order valence-corrected chi connectivity index (χ4v) is 3.23. The van der Waals surface area contributed by atoms with Gasteiger partial charge < -0.3 is 10.5 Å². The molecule has 0 saturated heterocycles. The second kappa shape index (κ2) is 7.03. The summed E-state index contributed by atoms with van der Waals surface area (Å²) < 4.78 is 6.50. The molecule has 0 aliphatic rings. The molecule has 1 aromatic heterocycles. The smallest absolute Gasteiger partial charge is 0.133 e.